The van der Waals surface area contributed by atoms with Crippen molar-refractivity contribution in [3.8, 4) is 0 Å². The van der Waals surface area contributed by atoms with Gasteiger partial charge in [-0.25, -0.2) is 8.42 Å². The van der Waals surface area contributed by atoms with E-state index in [2.05, 4.69) is 17.1 Å². The lowest BCUT2D eigenvalue weighted by Gasteiger charge is -2.39. The van der Waals surface area contributed by atoms with Gasteiger partial charge in [0, 0.05) is 62.2 Å². The molecule has 11 heteroatoms. The van der Waals surface area contributed by atoms with Gasteiger partial charge in [-0.15, -0.1) is 0 Å². The Bertz CT molecular complexity index is 780. The van der Waals surface area contributed by atoms with Crippen LogP contribution in [0.4, 0.5) is 0 Å². The Hall–Kier alpha value is -1.24. The van der Waals surface area contributed by atoms with E-state index in [1.54, 1.807) is 0 Å². The quantitative estimate of drug-likeness (QED) is 0.383. The second-order valence-electron chi connectivity index (χ2n) is 6.95. The summed E-state index contributed by atoms with van der Waals surface area (Å²) in [5, 5.41) is 14.4. The van der Waals surface area contributed by atoms with Crippen molar-refractivity contribution in [2.45, 2.75) is 25.4 Å². The number of hydrogen-bond acceptors (Lipinski definition) is 8. The van der Waals surface area contributed by atoms with Crippen LogP contribution in [0.1, 0.15) is 13.3 Å². The van der Waals surface area contributed by atoms with Crippen molar-refractivity contribution in [1.82, 2.24) is 14.5 Å². The lowest BCUT2D eigenvalue weighted by atomic mass is 10.1. The number of thiocarbonyl (C=S) groups is 1. The molecule has 0 amide bonds. The van der Waals surface area contributed by atoms with Gasteiger partial charge in [0.25, 0.3) is 5.70 Å². The Morgan fingerprint density at radius 3 is 2.93 bits per heavy atom. The van der Waals surface area contributed by atoms with Gasteiger partial charge in [0.1, 0.15) is 4.91 Å². The zero-order valence-corrected chi connectivity index (χ0v) is 16.8. The molecule has 0 saturated carbocycles. The van der Waals surface area contributed by atoms with Gasteiger partial charge >= 0.3 is 0 Å². The van der Waals surface area contributed by atoms with E-state index in [9.17, 15) is 18.5 Å². The maximum Gasteiger partial charge on any atom is 0.267 e. The molecule has 27 heavy (non-hydrogen) atoms. The van der Waals surface area contributed by atoms with Crippen molar-refractivity contribution in [3.05, 3.63) is 32.9 Å². The lowest BCUT2D eigenvalue weighted by Crippen LogP contribution is -2.58. The molecule has 3 aliphatic rings. The van der Waals surface area contributed by atoms with Gasteiger partial charge in [-0.1, -0.05) is 12.2 Å². The predicted molar refractivity (Wildman–Crippen MR) is 105 cm³/mol. The highest BCUT2D eigenvalue weighted by molar-refractivity contribution is 7.96. The van der Waals surface area contributed by atoms with E-state index < -0.39 is 14.9 Å². The van der Waals surface area contributed by atoms with E-state index >= 15 is 0 Å². The number of ether oxygens (including phenoxy) is 1. The molecule has 1 N–H and O–H groups in total. The summed E-state index contributed by atoms with van der Waals surface area (Å²) in [6, 6.07) is 0.270. The Morgan fingerprint density at radius 1 is 1.44 bits per heavy atom. The Labute approximate surface area is 164 Å². The first-order valence-corrected chi connectivity index (χ1v) is 10.8. The van der Waals surface area contributed by atoms with Gasteiger partial charge < -0.3 is 10.1 Å². The fourth-order valence-corrected chi connectivity index (χ4v) is 5.59. The molecule has 2 saturated heterocycles. The molecule has 0 spiro atoms. The summed E-state index contributed by atoms with van der Waals surface area (Å²) in [5.74, 6) is 0. The summed E-state index contributed by atoms with van der Waals surface area (Å²) in [6.07, 6.45) is 2.53. The van der Waals surface area contributed by atoms with Crippen LogP contribution in [0, 0.1) is 10.1 Å². The molecule has 0 aromatic rings. The summed E-state index contributed by atoms with van der Waals surface area (Å²) in [5.41, 5.74) is -0.226. The number of hydrogen-bond donors (Lipinski definition) is 1. The van der Waals surface area contributed by atoms with Crippen LogP contribution in [-0.4, -0.2) is 85.4 Å². The molecule has 0 aromatic carbocycles. The van der Waals surface area contributed by atoms with Crippen LogP contribution in [0.3, 0.4) is 0 Å². The van der Waals surface area contributed by atoms with E-state index in [1.165, 1.54) is 10.4 Å². The number of sulfonamides is 1. The highest BCUT2D eigenvalue weighted by Crippen LogP contribution is 2.25. The SMILES string of the molecule is C[C@H]1COCCN1C[C@H]1CN(S(=O)(=O)C2=CC([N+](=O)[O-])=CCC2=S)CCN1. The van der Waals surface area contributed by atoms with E-state index in [0.29, 0.717) is 32.8 Å². The summed E-state index contributed by atoms with van der Waals surface area (Å²) in [6.45, 7) is 6.13. The fourth-order valence-electron chi connectivity index (χ4n) is 3.51. The van der Waals surface area contributed by atoms with E-state index in [1.807, 2.05) is 0 Å². The smallest absolute Gasteiger partial charge is 0.267 e. The number of morpholine rings is 1. The van der Waals surface area contributed by atoms with Gasteiger partial charge in [0.2, 0.25) is 10.0 Å². The Kier molecular flexibility index (Phi) is 6.39. The van der Waals surface area contributed by atoms with Crippen LogP contribution in [0.5, 0.6) is 0 Å². The first kappa shape index (κ1) is 20.5. The average molecular weight is 417 g/mol. The van der Waals surface area contributed by atoms with Crippen molar-refractivity contribution >= 4 is 27.1 Å². The third kappa shape index (κ3) is 4.61. The maximum atomic E-state index is 13.1. The molecule has 2 atom stereocenters. The molecule has 0 bridgehead atoms. The largest absolute Gasteiger partial charge is 0.379 e. The molecular weight excluding hydrogens is 392 g/mol. The molecule has 2 heterocycles. The van der Waals surface area contributed by atoms with Crippen molar-refractivity contribution in [2.75, 3.05) is 45.9 Å². The second kappa shape index (κ2) is 8.41. The minimum absolute atomic E-state index is 0.0163. The summed E-state index contributed by atoms with van der Waals surface area (Å²) in [7, 11) is -3.86. The van der Waals surface area contributed by atoms with Gasteiger partial charge in [-0.2, -0.15) is 4.31 Å². The summed E-state index contributed by atoms with van der Waals surface area (Å²) >= 11 is 5.18. The van der Waals surface area contributed by atoms with Crippen molar-refractivity contribution in [3.63, 3.8) is 0 Å². The molecule has 3 rings (SSSR count). The van der Waals surface area contributed by atoms with E-state index in [4.69, 9.17) is 17.0 Å². The first-order valence-electron chi connectivity index (χ1n) is 8.94. The molecule has 2 fully saturated rings. The molecule has 0 aromatic heterocycles. The second-order valence-corrected chi connectivity index (χ2v) is 9.35. The van der Waals surface area contributed by atoms with Gasteiger partial charge in [-0.3, -0.25) is 15.0 Å². The van der Waals surface area contributed by atoms with E-state index in [0.717, 1.165) is 19.2 Å². The summed E-state index contributed by atoms with van der Waals surface area (Å²) in [4.78, 5) is 12.8. The monoisotopic (exact) mass is 416 g/mol. The van der Waals surface area contributed by atoms with Crippen LogP contribution in [0.2, 0.25) is 0 Å². The van der Waals surface area contributed by atoms with Crippen molar-refractivity contribution in [1.29, 1.82) is 0 Å². The third-order valence-corrected chi connectivity index (χ3v) is 7.50. The maximum absolute atomic E-state index is 13.1. The average Bonchev–Trinajstić information content (AvgIpc) is 2.64. The van der Waals surface area contributed by atoms with Crippen LogP contribution >= 0.6 is 12.2 Å². The Morgan fingerprint density at radius 2 is 2.22 bits per heavy atom. The Balaban J connectivity index is 1.73. The van der Waals surface area contributed by atoms with Crippen molar-refractivity contribution < 1.29 is 18.1 Å². The molecule has 150 valence electrons. The molecule has 9 nitrogen and oxygen atoms in total. The van der Waals surface area contributed by atoms with Crippen LogP contribution in [0.15, 0.2) is 22.8 Å². The van der Waals surface area contributed by atoms with E-state index in [-0.39, 0.29) is 34.0 Å². The zero-order valence-electron chi connectivity index (χ0n) is 15.2. The minimum Gasteiger partial charge on any atom is -0.379 e. The number of rotatable bonds is 5. The lowest BCUT2D eigenvalue weighted by molar-refractivity contribution is -0.419. The highest BCUT2D eigenvalue weighted by Gasteiger charge is 2.36. The first-order chi connectivity index (χ1) is 12.8. The molecular formula is C16H24N4O5S2. The fraction of sp³-hybridized carbons (Fsp3) is 0.688. The standard InChI is InChI=1S/C16H24N4O5S2/c1-12-11-25-7-6-18(12)9-13-10-19(5-4-17-13)27(23,24)16-8-14(20(21)22)2-3-15(16)26/h2,8,12-13,17H,3-7,9-11H2,1H3/t12-,13-/m0/s1. The van der Waals surface area contributed by atoms with Crippen LogP contribution < -0.4 is 5.32 Å². The summed E-state index contributed by atoms with van der Waals surface area (Å²) < 4.78 is 33.0. The van der Waals surface area contributed by atoms with Gasteiger partial charge in [0.05, 0.1) is 18.1 Å². The number of piperazine rings is 1. The van der Waals surface area contributed by atoms with Crippen molar-refractivity contribution in [2.24, 2.45) is 0 Å². The third-order valence-electron chi connectivity index (χ3n) is 5.06. The number of allylic oxidation sites excluding steroid dienone is 3. The minimum atomic E-state index is -3.86. The highest BCUT2D eigenvalue weighted by atomic mass is 32.2. The number of nitrogens with zero attached hydrogens (tertiary/aromatic N) is 3. The zero-order chi connectivity index (χ0) is 19.6. The number of nitro groups is 1. The van der Waals surface area contributed by atoms with Gasteiger partial charge in [0.15, 0.2) is 0 Å². The van der Waals surface area contributed by atoms with Crippen LogP contribution in [0.25, 0.3) is 0 Å². The normalized spacial score (nSPS) is 28.6. The predicted octanol–water partition coefficient (Wildman–Crippen LogP) is 0.129. The van der Waals surface area contributed by atoms with Crippen LogP contribution in [-0.2, 0) is 14.8 Å². The number of nitrogens with one attached hydrogen (secondary N) is 1. The molecule has 0 radical (unpaired) electrons. The molecule has 0 unspecified atom stereocenters. The molecule has 1 aliphatic carbocycles. The molecule has 2 aliphatic heterocycles. The topological polar surface area (TPSA) is 105 Å². The van der Waals surface area contributed by atoms with Gasteiger partial charge in [-0.05, 0) is 13.0 Å².